The van der Waals surface area contributed by atoms with E-state index in [9.17, 15) is 61.0 Å². The lowest BCUT2D eigenvalue weighted by Gasteiger charge is -2.48. The molecule has 0 saturated carbocycles. The highest BCUT2D eigenvalue weighted by Crippen LogP contribution is 2.33. The van der Waals surface area contributed by atoms with Gasteiger partial charge in [-0.1, -0.05) is 231 Å². The first-order chi connectivity index (χ1) is 39.3. The van der Waals surface area contributed by atoms with Gasteiger partial charge in [0.25, 0.3) is 0 Å². The second kappa shape index (κ2) is 45.8. The highest BCUT2D eigenvalue weighted by Gasteiger charge is 2.53. The fourth-order valence-electron chi connectivity index (χ4n) is 11.3. The van der Waals surface area contributed by atoms with Crippen molar-refractivity contribution in [2.24, 2.45) is 0 Å². The van der Waals surface area contributed by atoms with Crippen molar-refractivity contribution >= 4 is 5.91 Å². The van der Waals surface area contributed by atoms with Crippen LogP contribution in [0.1, 0.15) is 245 Å². The van der Waals surface area contributed by atoms with Crippen molar-refractivity contribution in [3.8, 4) is 0 Å². The Kier molecular flexibility index (Phi) is 41.7. The molecule has 3 aliphatic rings. The molecule has 3 rings (SSSR count). The van der Waals surface area contributed by atoms with Crippen LogP contribution in [0.25, 0.3) is 0 Å². The maximum Gasteiger partial charge on any atom is 0.220 e. The van der Waals surface area contributed by atoms with E-state index in [1.165, 1.54) is 173 Å². The number of carbonyl (C=O) groups is 1. The van der Waals surface area contributed by atoms with Gasteiger partial charge in [0.1, 0.15) is 73.2 Å². The molecule has 19 heteroatoms. The molecule has 478 valence electrons. The van der Waals surface area contributed by atoms with Gasteiger partial charge in [0, 0.05) is 6.42 Å². The third-order valence-corrected chi connectivity index (χ3v) is 16.6. The Hall–Kier alpha value is -1.47. The Balaban J connectivity index is 1.40. The van der Waals surface area contributed by atoms with Crippen LogP contribution in [0.4, 0.5) is 0 Å². The van der Waals surface area contributed by atoms with Gasteiger partial charge in [0.05, 0.1) is 38.6 Å². The SMILES string of the molecule is CCCCCCCCCC/C=C/C(O)C(COC1OC(CO)C(OC2OC(CO)C(OC3OC(CO)C(O)C(O)C3O)C(O)C2O)C(O)C1O)NC(=O)CCCCCCCCCCCCCCCCCCCCCCCCCCCC. The molecule has 0 radical (unpaired) electrons. The summed E-state index contributed by atoms with van der Waals surface area (Å²) in [5.74, 6) is -0.273. The van der Waals surface area contributed by atoms with Crippen molar-refractivity contribution in [2.75, 3.05) is 26.4 Å². The molecule has 0 aromatic rings. The van der Waals surface area contributed by atoms with E-state index < -0.39 is 124 Å². The van der Waals surface area contributed by atoms with Crippen LogP contribution in [0.2, 0.25) is 0 Å². The smallest absolute Gasteiger partial charge is 0.220 e. The summed E-state index contributed by atoms with van der Waals surface area (Å²) in [5.41, 5.74) is 0. The third kappa shape index (κ3) is 29.2. The predicted molar refractivity (Wildman–Crippen MR) is 310 cm³/mol. The first-order valence-electron chi connectivity index (χ1n) is 32.4. The molecule has 3 saturated heterocycles. The van der Waals surface area contributed by atoms with Crippen molar-refractivity contribution in [1.29, 1.82) is 0 Å². The van der Waals surface area contributed by atoms with Gasteiger partial charge in [-0.05, 0) is 19.3 Å². The molecule has 17 atom stereocenters. The van der Waals surface area contributed by atoms with Gasteiger partial charge in [-0.25, -0.2) is 0 Å². The van der Waals surface area contributed by atoms with E-state index in [-0.39, 0.29) is 18.9 Å². The van der Waals surface area contributed by atoms with Crippen LogP contribution < -0.4 is 5.32 Å². The normalized spacial score (nSPS) is 29.8. The number of hydrogen-bond donors (Lipinski definition) is 12. The number of nitrogens with one attached hydrogen (secondary N) is 1. The molecule has 12 N–H and O–H groups in total. The van der Waals surface area contributed by atoms with Gasteiger partial charge >= 0.3 is 0 Å². The van der Waals surface area contributed by atoms with E-state index in [1.54, 1.807) is 6.08 Å². The summed E-state index contributed by atoms with van der Waals surface area (Å²) < 4.78 is 34.2. The summed E-state index contributed by atoms with van der Waals surface area (Å²) in [7, 11) is 0. The number of allylic oxidation sites excluding steroid dienone is 1. The highest BCUT2D eigenvalue weighted by molar-refractivity contribution is 5.76. The van der Waals surface area contributed by atoms with E-state index >= 15 is 0 Å². The van der Waals surface area contributed by atoms with Crippen molar-refractivity contribution < 1.29 is 89.4 Å². The number of rotatable bonds is 49. The maximum atomic E-state index is 13.3. The standard InChI is InChI=1S/C62H117NO18/c1-3-5-7-9-11-13-15-16-17-18-19-20-21-22-23-24-25-26-27-28-29-30-32-34-36-38-40-50(68)63-45(46(67)39-37-35-33-31-14-12-10-8-6-4-2)44-76-60-56(74)53(71)58(48(42-65)78-60)81-62-57(75)54(72)59(49(43-66)79-62)80-61-55(73)52(70)51(69)47(41-64)77-61/h37,39,45-49,51-62,64-67,69-75H,3-36,38,40-44H2,1-2H3,(H,63,68)/b39-37+. The van der Waals surface area contributed by atoms with E-state index in [2.05, 4.69) is 19.2 Å². The maximum absolute atomic E-state index is 13.3. The number of aliphatic hydroxyl groups excluding tert-OH is 11. The molecule has 0 aromatic carbocycles. The minimum atomic E-state index is -1.97. The summed E-state index contributed by atoms with van der Waals surface area (Å²) in [6.07, 6.45) is 20.8. The lowest BCUT2D eigenvalue weighted by atomic mass is 9.96. The monoisotopic (exact) mass is 1160 g/mol. The van der Waals surface area contributed by atoms with Crippen LogP contribution >= 0.6 is 0 Å². The Labute approximate surface area is 486 Å². The number of ether oxygens (including phenoxy) is 6. The zero-order valence-electron chi connectivity index (χ0n) is 50.0. The molecular weight excluding hydrogens is 1050 g/mol. The van der Waals surface area contributed by atoms with E-state index in [1.807, 2.05) is 6.08 Å². The fourth-order valence-corrected chi connectivity index (χ4v) is 11.3. The van der Waals surface area contributed by atoms with Crippen LogP contribution in [0, 0.1) is 0 Å². The van der Waals surface area contributed by atoms with Crippen molar-refractivity contribution in [2.45, 2.75) is 349 Å². The summed E-state index contributed by atoms with van der Waals surface area (Å²) in [6, 6.07) is -0.966. The van der Waals surface area contributed by atoms with Gasteiger partial charge in [0.15, 0.2) is 18.9 Å². The molecule has 0 spiro atoms. The highest BCUT2D eigenvalue weighted by atomic mass is 16.8. The summed E-state index contributed by atoms with van der Waals surface area (Å²) in [6.45, 7) is 1.72. The fraction of sp³-hybridized carbons (Fsp3) is 0.952. The summed E-state index contributed by atoms with van der Waals surface area (Å²) in [5, 5.41) is 120. The van der Waals surface area contributed by atoms with Crippen molar-refractivity contribution in [3.05, 3.63) is 12.2 Å². The number of amides is 1. The van der Waals surface area contributed by atoms with E-state index in [0.29, 0.717) is 6.42 Å². The summed E-state index contributed by atoms with van der Waals surface area (Å²) >= 11 is 0. The minimum absolute atomic E-state index is 0.249. The van der Waals surface area contributed by atoms with Crippen molar-refractivity contribution in [3.63, 3.8) is 0 Å². The Bertz CT molecular complexity index is 1530. The Morgan fingerprint density at radius 1 is 0.432 bits per heavy atom. The summed E-state index contributed by atoms with van der Waals surface area (Å²) in [4.78, 5) is 13.3. The quantitative estimate of drug-likeness (QED) is 0.0217. The first kappa shape index (κ1) is 73.8. The van der Waals surface area contributed by atoms with Gasteiger partial charge in [-0.2, -0.15) is 0 Å². The Morgan fingerprint density at radius 3 is 1.16 bits per heavy atom. The van der Waals surface area contributed by atoms with Gasteiger partial charge in [-0.15, -0.1) is 0 Å². The average molecular weight is 1160 g/mol. The van der Waals surface area contributed by atoms with Crippen LogP contribution in [0.5, 0.6) is 0 Å². The number of unbranched alkanes of at least 4 members (excludes halogenated alkanes) is 33. The molecule has 3 aliphatic heterocycles. The predicted octanol–water partition coefficient (Wildman–Crippen LogP) is 6.94. The molecule has 0 aliphatic carbocycles. The topological polar surface area (TPSA) is 307 Å². The van der Waals surface area contributed by atoms with Gasteiger partial charge < -0.3 is 89.9 Å². The second-order valence-corrected chi connectivity index (χ2v) is 23.6. The zero-order chi connectivity index (χ0) is 59.0. The molecule has 1 amide bonds. The van der Waals surface area contributed by atoms with Crippen LogP contribution in [0.15, 0.2) is 12.2 Å². The molecule has 3 fully saturated rings. The van der Waals surface area contributed by atoms with Crippen molar-refractivity contribution in [1.82, 2.24) is 5.32 Å². The molecule has 3 heterocycles. The lowest BCUT2D eigenvalue weighted by molar-refractivity contribution is -0.379. The molecule has 0 aromatic heterocycles. The number of carbonyl (C=O) groups excluding carboxylic acids is 1. The Morgan fingerprint density at radius 2 is 0.765 bits per heavy atom. The largest absolute Gasteiger partial charge is 0.394 e. The first-order valence-corrected chi connectivity index (χ1v) is 32.4. The minimum Gasteiger partial charge on any atom is -0.394 e. The van der Waals surface area contributed by atoms with E-state index in [0.717, 1.165) is 44.9 Å². The molecular formula is C62H117NO18. The van der Waals surface area contributed by atoms with Crippen LogP contribution in [-0.4, -0.2) is 193 Å². The molecule has 0 bridgehead atoms. The number of aliphatic hydroxyl groups is 11. The second-order valence-electron chi connectivity index (χ2n) is 23.6. The number of hydrogen-bond acceptors (Lipinski definition) is 18. The average Bonchev–Trinajstić information content (AvgIpc) is 3.46. The molecule has 17 unspecified atom stereocenters. The van der Waals surface area contributed by atoms with E-state index in [4.69, 9.17) is 28.4 Å². The van der Waals surface area contributed by atoms with Gasteiger partial charge in [0.2, 0.25) is 5.91 Å². The van der Waals surface area contributed by atoms with Crippen LogP contribution in [0.3, 0.4) is 0 Å². The lowest BCUT2D eigenvalue weighted by Crippen LogP contribution is -2.66. The van der Waals surface area contributed by atoms with Crippen LogP contribution in [-0.2, 0) is 33.2 Å². The third-order valence-electron chi connectivity index (χ3n) is 16.6. The molecule has 19 nitrogen and oxygen atoms in total. The zero-order valence-corrected chi connectivity index (χ0v) is 50.0. The van der Waals surface area contributed by atoms with Gasteiger partial charge in [-0.3, -0.25) is 4.79 Å². The molecule has 81 heavy (non-hydrogen) atoms.